The zero-order valence-corrected chi connectivity index (χ0v) is 12.8. The number of rotatable bonds is 3. The summed E-state index contributed by atoms with van der Waals surface area (Å²) in [5.41, 5.74) is 2.61. The highest BCUT2D eigenvalue weighted by molar-refractivity contribution is 5.78. The Morgan fingerprint density at radius 3 is 2.60 bits per heavy atom. The maximum atomic E-state index is 6.13. The SMILES string of the molecule is CNC(c1cc2cc(C)ccc2o1)C1(C)CCCCC1. The quantitative estimate of drug-likeness (QED) is 0.852. The fourth-order valence-electron chi connectivity index (χ4n) is 3.81. The molecule has 1 heterocycles. The van der Waals surface area contributed by atoms with Crippen LogP contribution < -0.4 is 5.32 Å². The van der Waals surface area contributed by atoms with Crippen LogP contribution in [0.4, 0.5) is 0 Å². The molecule has 0 aliphatic heterocycles. The molecule has 0 bridgehead atoms. The molecular weight excluding hydrogens is 246 g/mol. The van der Waals surface area contributed by atoms with Gasteiger partial charge in [-0.05, 0) is 50.4 Å². The summed E-state index contributed by atoms with van der Waals surface area (Å²) in [5.74, 6) is 1.09. The van der Waals surface area contributed by atoms with E-state index < -0.39 is 0 Å². The summed E-state index contributed by atoms with van der Waals surface area (Å²) in [7, 11) is 2.06. The minimum absolute atomic E-state index is 0.315. The predicted molar refractivity (Wildman–Crippen MR) is 83.9 cm³/mol. The van der Waals surface area contributed by atoms with Crippen molar-refractivity contribution in [3.8, 4) is 0 Å². The Labute approximate surface area is 121 Å². The molecule has 1 unspecified atom stereocenters. The molecule has 0 radical (unpaired) electrons. The first-order valence-corrected chi connectivity index (χ1v) is 7.80. The Bertz CT molecular complexity index is 592. The predicted octanol–water partition coefficient (Wildman–Crippen LogP) is 4.97. The molecule has 1 fully saturated rings. The summed E-state index contributed by atoms with van der Waals surface area (Å²) < 4.78 is 6.13. The second-order valence-electron chi connectivity index (χ2n) is 6.63. The standard InChI is InChI=1S/C18H25NO/c1-13-7-8-15-14(11-13)12-16(20-15)17(19-3)18(2)9-5-4-6-10-18/h7-8,11-12,17,19H,4-6,9-10H2,1-3H3. The largest absolute Gasteiger partial charge is 0.459 e. The van der Waals surface area contributed by atoms with Crippen molar-refractivity contribution in [3.05, 3.63) is 35.6 Å². The molecule has 1 saturated carbocycles. The minimum Gasteiger partial charge on any atom is -0.459 e. The van der Waals surface area contributed by atoms with Crippen molar-refractivity contribution in [2.24, 2.45) is 5.41 Å². The smallest absolute Gasteiger partial charge is 0.134 e. The van der Waals surface area contributed by atoms with Gasteiger partial charge in [-0.1, -0.05) is 37.8 Å². The lowest BCUT2D eigenvalue weighted by molar-refractivity contribution is 0.136. The normalized spacial score (nSPS) is 20.1. The highest BCUT2D eigenvalue weighted by Gasteiger charge is 2.37. The summed E-state index contributed by atoms with van der Waals surface area (Å²) in [6, 6.07) is 8.95. The average Bonchev–Trinajstić information content (AvgIpc) is 2.82. The van der Waals surface area contributed by atoms with Crippen molar-refractivity contribution < 1.29 is 4.42 Å². The Kier molecular flexibility index (Phi) is 3.59. The lowest BCUT2D eigenvalue weighted by Crippen LogP contribution is -2.35. The van der Waals surface area contributed by atoms with Crippen LogP contribution in [0.3, 0.4) is 0 Å². The van der Waals surface area contributed by atoms with E-state index in [-0.39, 0.29) is 0 Å². The van der Waals surface area contributed by atoms with E-state index in [1.165, 1.54) is 43.1 Å². The first-order valence-electron chi connectivity index (χ1n) is 7.80. The summed E-state index contributed by atoms with van der Waals surface area (Å²) >= 11 is 0. The van der Waals surface area contributed by atoms with Crippen LogP contribution in [0.25, 0.3) is 11.0 Å². The number of fused-ring (bicyclic) bond motifs is 1. The first-order chi connectivity index (χ1) is 9.62. The van der Waals surface area contributed by atoms with Gasteiger partial charge in [-0.25, -0.2) is 0 Å². The second kappa shape index (κ2) is 5.25. The van der Waals surface area contributed by atoms with Gasteiger partial charge in [0.15, 0.2) is 0 Å². The van der Waals surface area contributed by atoms with E-state index >= 15 is 0 Å². The van der Waals surface area contributed by atoms with Crippen molar-refractivity contribution in [1.82, 2.24) is 5.32 Å². The highest BCUT2D eigenvalue weighted by Crippen LogP contribution is 2.46. The van der Waals surface area contributed by atoms with Crippen molar-refractivity contribution in [2.45, 2.75) is 52.0 Å². The average molecular weight is 271 g/mol. The van der Waals surface area contributed by atoms with Gasteiger partial charge in [0.05, 0.1) is 6.04 Å². The molecule has 1 aliphatic carbocycles. The maximum absolute atomic E-state index is 6.13. The lowest BCUT2D eigenvalue weighted by Gasteiger charge is -2.39. The molecule has 0 saturated heterocycles. The van der Waals surface area contributed by atoms with Crippen LogP contribution in [0.2, 0.25) is 0 Å². The van der Waals surface area contributed by atoms with Crippen LogP contribution >= 0.6 is 0 Å². The monoisotopic (exact) mass is 271 g/mol. The number of benzene rings is 1. The molecular formula is C18H25NO. The van der Waals surface area contributed by atoms with Crippen LogP contribution in [0, 0.1) is 12.3 Å². The summed E-state index contributed by atoms with van der Waals surface area (Å²) in [6.07, 6.45) is 6.64. The number of hydrogen-bond donors (Lipinski definition) is 1. The summed E-state index contributed by atoms with van der Waals surface area (Å²) in [4.78, 5) is 0. The Morgan fingerprint density at radius 2 is 1.90 bits per heavy atom. The van der Waals surface area contributed by atoms with E-state index in [1.807, 2.05) is 0 Å². The molecule has 0 spiro atoms. The molecule has 1 aliphatic rings. The van der Waals surface area contributed by atoms with Gasteiger partial charge in [-0.2, -0.15) is 0 Å². The zero-order valence-electron chi connectivity index (χ0n) is 12.8. The van der Waals surface area contributed by atoms with Crippen LogP contribution in [-0.2, 0) is 0 Å². The van der Waals surface area contributed by atoms with Crippen LogP contribution in [0.5, 0.6) is 0 Å². The Morgan fingerprint density at radius 1 is 1.15 bits per heavy atom. The molecule has 1 N–H and O–H groups in total. The highest BCUT2D eigenvalue weighted by atomic mass is 16.3. The second-order valence-corrected chi connectivity index (χ2v) is 6.63. The van der Waals surface area contributed by atoms with Gasteiger partial charge in [0.1, 0.15) is 11.3 Å². The Hall–Kier alpha value is -1.28. The molecule has 1 aromatic heterocycles. The summed E-state index contributed by atoms with van der Waals surface area (Å²) in [5, 5.41) is 4.73. The molecule has 20 heavy (non-hydrogen) atoms. The van der Waals surface area contributed by atoms with E-state index in [2.05, 4.69) is 50.5 Å². The van der Waals surface area contributed by atoms with Gasteiger partial charge in [0, 0.05) is 5.39 Å². The number of hydrogen-bond acceptors (Lipinski definition) is 2. The topological polar surface area (TPSA) is 25.2 Å². The third-order valence-electron chi connectivity index (χ3n) is 4.96. The molecule has 108 valence electrons. The van der Waals surface area contributed by atoms with Crippen LogP contribution in [-0.4, -0.2) is 7.05 Å². The molecule has 2 nitrogen and oxygen atoms in total. The number of nitrogens with one attached hydrogen (secondary N) is 1. The fourth-order valence-corrected chi connectivity index (χ4v) is 3.81. The van der Waals surface area contributed by atoms with E-state index in [4.69, 9.17) is 4.42 Å². The van der Waals surface area contributed by atoms with Gasteiger partial charge < -0.3 is 9.73 Å². The van der Waals surface area contributed by atoms with Gasteiger partial charge in [-0.3, -0.25) is 0 Å². The van der Waals surface area contributed by atoms with Crippen molar-refractivity contribution >= 4 is 11.0 Å². The molecule has 2 aromatic rings. The lowest BCUT2D eigenvalue weighted by atomic mass is 9.70. The van der Waals surface area contributed by atoms with Gasteiger partial charge >= 0.3 is 0 Å². The van der Waals surface area contributed by atoms with E-state index in [1.54, 1.807) is 0 Å². The van der Waals surface area contributed by atoms with E-state index in [9.17, 15) is 0 Å². The van der Waals surface area contributed by atoms with E-state index in [0.717, 1.165) is 11.3 Å². The molecule has 3 rings (SSSR count). The fraction of sp³-hybridized carbons (Fsp3) is 0.556. The molecule has 1 atom stereocenters. The van der Waals surface area contributed by atoms with Crippen LogP contribution in [0.15, 0.2) is 28.7 Å². The van der Waals surface area contributed by atoms with Crippen molar-refractivity contribution in [2.75, 3.05) is 7.05 Å². The number of furan rings is 1. The van der Waals surface area contributed by atoms with Crippen molar-refractivity contribution in [3.63, 3.8) is 0 Å². The molecule has 2 heteroatoms. The van der Waals surface area contributed by atoms with Crippen LogP contribution in [0.1, 0.15) is 56.4 Å². The van der Waals surface area contributed by atoms with Gasteiger partial charge in [0.25, 0.3) is 0 Å². The summed E-state index contributed by atoms with van der Waals surface area (Å²) in [6.45, 7) is 4.54. The van der Waals surface area contributed by atoms with Crippen molar-refractivity contribution in [1.29, 1.82) is 0 Å². The number of aryl methyl sites for hydroxylation is 1. The zero-order chi connectivity index (χ0) is 14.2. The Balaban J connectivity index is 1.98. The third kappa shape index (κ3) is 2.37. The first kappa shape index (κ1) is 13.7. The van der Waals surface area contributed by atoms with Gasteiger partial charge in [-0.15, -0.1) is 0 Å². The third-order valence-corrected chi connectivity index (χ3v) is 4.96. The van der Waals surface area contributed by atoms with E-state index in [0.29, 0.717) is 11.5 Å². The molecule has 0 amide bonds. The molecule has 1 aromatic carbocycles. The van der Waals surface area contributed by atoms with Gasteiger partial charge in [0.2, 0.25) is 0 Å². The minimum atomic E-state index is 0.315. The maximum Gasteiger partial charge on any atom is 0.134 e.